The maximum atomic E-state index is 11.4. The number of nitrogens with zero attached hydrogens (tertiary/aromatic N) is 1. The highest BCUT2D eigenvalue weighted by Gasteiger charge is 2.10. The number of benzene rings is 1. The molecular weight excluding hydrogens is 226 g/mol. The summed E-state index contributed by atoms with van der Waals surface area (Å²) in [5.74, 6) is 0.805. The van der Waals surface area contributed by atoms with Crippen LogP contribution in [0.25, 0.3) is 0 Å². The van der Waals surface area contributed by atoms with E-state index in [1.165, 1.54) is 0 Å². The lowest BCUT2D eigenvalue weighted by Gasteiger charge is -2.19. The predicted molar refractivity (Wildman–Crippen MR) is 64.8 cm³/mol. The van der Waals surface area contributed by atoms with Crippen molar-refractivity contribution in [3.05, 3.63) is 29.8 Å². The van der Waals surface area contributed by atoms with Crippen LogP contribution >= 0.6 is 11.6 Å². The maximum Gasteiger partial charge on any atom is 0.237 e. The number of hydrogen-bond donors (Lipinski definition) is 0. The number of ether oxygens (including phenoxy) is 1. The first-order valence-corrected chi connectivity index (χ1v) is 5.71. The van der Waals surface area contributed by atoms with Crippen molar-refractivity contribution >= 4 is 17.5 Å². The van der Waals surface area contributed by atoms with Crippen molar-refractivity contribution in [2.45, 2.75) is 13.5 Å². The summed E-state index contributed by atoms with van der Waals surface area (Å²) in [6.07, 6.45) is 0. The summed E-state index contributed by atoms with van der Waals surface area (Å²) >= 11 is 5.53. The summed E-state index contributed by atoms with van der Waals surface area (Å²) in [4.78, 5) is 13.2. The Bertz CT molecular complexity index is 337. The van der Waals surface area contributed by atoms with Gasteiger partial charge in [0.25, 0.3) is 0 Å². The number of rotatable bonds is 5. The van der Waals surface area contributed by atoms with Gasteiger partial charge in [0.05, 0.1) is 7.11 Å². The number of carbonyl (C=O) groups excluding carboxylic acids is 1. The predicted octanol–water partition coefficient (Wildman–Crippen LogP) is 2.28. The molecule has 1 aromatic rings. The number of alkyl halides is 1. The largest absolute Gasteiger partial charge is 0.497 e. The smallest absolute Gasteiger partial charge is 0.237 e. The van der Waals surface area contributed by atoms with Gasteiger partial charge in [0.15, 0.2) is 0 Å². The molecule has 0 bridgehead atoms. The fraction of sp³-hybridized carbons (Fsp3) is 0.417. The van der Waals surface area contributed by atoms with Crippen LogP contribution in [-0.4, -0.2) is 30.3 Å². The van der Waals surface area contributed by atoms with Gasteiger partial charge < -0.3 is 9.64 Å². The molecule has 0 N–H and O–H groups in total. The highest BCUT2D eigenvalue weighted by molar-refractivity contribution is 6.27. The molecule has 0 unspecified atom stereocenters. The molecule has 0 saturated carbocycles. The van der Waals surface area contributed by atoms with E-state index in [1.54, 1.807) is 12.0 Å². The molecule has 0 aliphatic rings. The molecule has 0 fully saturated rings. The van der Waals surface area contributed by atoms with Crippen molar-refractivity contribution in [3.63, 3.8) is 0 Å². The first-order chi connectivity index (χ1) is 7.71. The molecule has 0 aliphatic heterocycles. The molecule has 1 aromatic carbocycles. The average Bonchev–Trinajstić information content (AvgIpc) is 2.35. The van der Waals surface area contributed by atoms with Gasteiger partial charge in [-0.25, -0.2) is 0 Å². The van der Waals surface area contributed by atoms with Crippen LogP contribution < -0.4 is 4.74 Å². The van der Waals surface area contributed by atoms with Gasteiger partial charge in [0.1, 0.15) is 11.6 Å². The van der Waals surface area contributed by atoms with Crippen LogP contribution in [0.15, 0.2) is 24.3 Å². The van der Waals surface area contributed by atoms with Crippen LogP contribution in [0.1, 0.15) is 12.5 Å². The Balaban J connectivity index is 2.66. The van der Waals surface area contributed by atoms with Gasteiger partial charge in [0.2, 0.25) is 5.91 Å². The first-order valence-electron chi connectivity index (χ1n) is 5.18. The van der Waals surface area contributed by atoms with Crippen LogP contribution in [-0.2, 0) is 11.3 Å². The van der Waals surface area contributed by atoms with Crippen molar-refractivity contribution < 1.29 is 9.53 Å². The van der Waals surface area contributed by atoms with E-state index in [2.05, 4.69) is 0 Å². The number of carbonyl (C=O) groups is 1. The third-order valence-electron chi connectivity index (χ3n) is 2.38. The summed E-state index contributed by atoms with van der Waals surface area (Å²) in [6.45, 7) is 3.19. The molecule has 1 rings (SSSR count). The van der Waals surface area contributed by atoms with E-state index in [4.69, 9.17) is 16.3 Å². The second-order valence-corrected chi connectivity index (χ2v) is 3.66. The van der Waals surface area contributed by atoms with Crippen LogP contribution in [0.4, 0.5) is 0 Å². The molecule has 0 radical (unpaired) electrons. The minimum absolute atomic E-state index is 0.0317. The number of methoxy groups -OCH3 is 1. The fourth-order valence-electron chi connectivity index (χ4n) is 1.41. The Morgan fingerprint density at radius 1 is 1.38 bits per heavy atom. The van der Waals surface area contributed by atoms with E-state index < -0.39 is 0 Å². The van der Waals surface area contributed by atoms with E-state index in [9.17, 15) is 4.79 Å². The molecule has 88 valence electrons. The monoisotopic (exact) mass is 241 g/mol. The number of amides is 1. The standard InChI is InChI=1S/C12H16ClNO2/c1-3-14(12(15)8-13)9-10-4-6-11(16-2)7-5-10/h4-7H,3,8-9H2,1-2H3. The third-order valence-corrected chi connectivity index (χ3v) is 2.61. The number of halogens is 1. The Morgan fingerprint density at radius 2 is 2.00 bits per heavy atom. The molecular formula is C12H16ClNO2. The van der Waals surface area contributed by atoms with Crippen molar-refractivity contribution in [1.29, 1.82) is 0 Å². The van der Waals surface area contributed by atoms with Crippen LogP contribution in [0.2, 0.25) is 0 Å². The summed E-state index contributed by atoms with van der Waals surface area (Å²) in [6, 6.07) is 7.66. The normalized spacial score (nSPS) is 9.94. The van der Waals surface area contributed by atoms with Gasteiger partial charge >= 0.3 is 0 Å². The summed E-state index contributed by atoms with van der Waals surface area (Å²) in [7, 11) is 1.63. The molecule has 0 heterocycles. The zero-order valence-corrected chi connectivity index (χ0v) is 10.3. The Kier molecular flexibility index (Phi) is 5.12. The minimum Gasteiger partial charge on any atom is -0.497 e. The van der Waals surface area contributed by atoms with E-state index in [0.29, 0.717) is 13.1 Å². The zero-order chi connectivity index (χ0) is 12.0. The number of hydrogen-bond acceptors (Lipinski definition) is 2. The van der Waals surface area contributed by atoms with Crippen molar-refractivity contribution in [1.82, 2.24) is 4.90 Å². The Labute approximate surface area is 101 Å². The van der Waals surface area contributed by atoms with Crippen molar-refractivity contribution in [2.24, 2.45) is 0 Å². The molecule has 0 saturated heterocycles. The zero-order valence-electron chi connectivity index (χ0n) is 9.57. The SMILES string of the molecule is CCN(Cc1ccc(OC)cc1)C(=O)CCl. The maximum absolute atomic E-state index is 11.4. The second kappa shape index (κ2) is 6.38. The van der Waals surface area contributed by atoms with Gasteiger partial charge in [-0.2, -0.15) is 0 Å². The molecule has 4 heteroatoms. The minimum atomic E-state index is -0.0417. The first kappa shape index (κ1) is 12.8. The van der Waals surface area contributed by atoms with Crippen LogP contribution in [0, 0.1) is 0 Å². The van der Waals surface area contributed by atoms with Crippen LogP contribution in [0.3, 0.4) is 0 Å². The lowest BCUT2D eigenvalue weighted by atomic mass is 10.2. The van der Waals surface area contributed by atoms with Gasteiger partial charge in [-0.15, -0.1) is 11.6 Å². The third kappa shape index (κ3) is 3.42. The quantitative estimate of drug-likeness (QED) is 0.741. The lowest BCUT2D eigenvalue weighted by molar-refractivity contribution is -0.128. The van der Waals surface area contributed by atoms with Crippen LogP contribution in [0.5, 0.6) is 5.75 Å². The highest BCUT2D eigenvalue weighted by atomic mass is 35.5. The van der Waals surface area contributed by atoms with E-state index in [0.717, 1.165) is 11.3 Å². The fourth-order valence-corrected chi connectivity index (χ4v) is 1.58. The molecule has 1 amide bonds. The molecule has 0 aliphatic carbocycles. The lowest BCUT2D eigenvalue weighted by Crippen LogP contribution is -2.31. The van der Waals surface area contributed by atoms with Gasteiger partial charge in [0, 0.05) is 13.1 Å². The van der Waals surface area contributed by atoms with Gasteiger partial charge in [-0.3, -0.25) is 4.79 Å². The Hall–Kier alpha value is -1.22. The Morgan fingerprint density at radius 3 is 2.44 bits per heavy atom. The van der Waals surface area contributed by atoms with E-state index in [1.807, 2.05) is 31.2 Å². The van der Waals surface area contributed by atoms with Gasteiger partial charge in [-0.1, -0.05) is 12.1 Å². The van der Waals surface area contributed by atoms with Crippen molar-refractivity contribution in [2.75, 3.05) is 19.5 Å². The average molecular weight is 242 g/mol. The van der Waals surface area contributed by atoms with Gasteiger partial charge in [-0.05, 0) is 24.6 Å². The summed E-state index contributed by atoms with van der Waals surface area (Å²) < 4.78 is 5.07. The van der Waals surface area contributed by atoms with E-state index >= 15 is 0 Å². The summed E-state index contributed by atoms with van der Waals surface area (Å²) in [5, 5.41) is 0. The molecule has 16 heavy (non-hydrogen) atoms. The highest BCUT2D eigenvalue weighted by Crippen LogP contribution is 2.13. The second-order valence-electron chi connectivity index (χ2n) is 3.39. The van der Waals surface area contributed by atoms with E-state index in [-0.39, 0.29) is 11.8 Å². The molecule has 3 nitrogen and oxygen atoms in total. The molecule has 0 spiro atoms. The molecule has 0 atom stereocenters. The van der Waals surface area contributed by atoms with Crippen molar-refractivity contribution in [3.8, 4) is 5.75 Å². The summed E-state index contributed by atoms with van der Waals surface area (Å²) in [5.41, 5.74) is 1.07. The topological polar surface area (TPSA) is 29.5 Å². The molecule has 0 aromatic heterocycles.